The van der Waals surface area contributed by atoms with E-state index in [9.17, 15) is 13.5 Å². The largest absolute Gasteiger partial charge is 0.392 e. The molecule has 0 saturated carbocycles. The van der Waals surface area contributed by atoms with Crippen LogP contribution in [0.3, 0.4) is 0 Å². The molecule has 0 aromatic heterocycles. The molecule has 208 valence electrons. The highest BCUT2D eigenvalue weighted by Crippen LogP contribution is 2.38. The Bertz CT molecular complexity index is 1460. The molecule has 0 unspecified atom stereocenters. The van der Waals surface area contributed by atoms with E-state index < -0.39 is 16.3 Å². The number of aliphatic hydroxyl groups excluding tert-OH is 1. The van der Waals surface area contributed by atoms with Gasteiger partial charge in [0.1, 0.15) is 0 Å². The normalized spacial score (nSPS) is 19.4. The Kier molecular flexibility index (Phi) is 8.94. The zero-order chi connectivity index (χ0) is 28.0. The summed E-state index contributed by atoms with van der Waals surface area (Å²) in [7, 11) is -1.60. The maximum absolute atomic E-state index is 12.7. The summed E-state index contributed by atoms with van der Waals surface area (Å²) in [5.41, 5.74) is 4.36. The van der Waals surface area contributed by atoms with Crippen molar-refractivity contribution < 1.29 is 23.0 Å². The highest BCUT2D eigenvalue weighted by atomic mass is 32.2. The van der Waals surface area contributed by atoms with Crippen molar-refractivity contribution in [2.75, 3.05) is 18.3 Å². The standard InChI is InChI=1S/C32H34N2O5S/c1-34(21-24-8-4-2-5-9-24)22-29-20-31(26-14-12-25(23-35)13-15-26)39-32(38-29)27-16-18-28(19-17-27)33-40(36,37)30-10-6-3-7-11-30/h2-19,29,31-33,35H,20-23H2,1H3/t29-,31+,32+/m1/s1. The summed E-state index contributed by atoms with van der Waals surface area (Å²) >= 11 is 0. The van der Waals surface area contributed by atoms with E-state index in [0.29, 0.717) is 12.1 Å². The van der Waals surface area contributed by atoms with Crippen molar-refractivity contribution in [3.8, 4) is 0 Å². The molecule has 3 atom stereocenters. The molecule has 7 nitrogen and oxygen atoms in total. The fraction of sp³-hybridized carbons (Fsp3) is 0.250. The Morgan fingerprint density at radius 2 is 1.43 bits per heavy atom. The van der Waals surface area contributed by atoms with Gasteiger partial charge >= 0.3 is 0 Å². The maximum Gasteiger partial charge on any atom is 0.261 e. The highest BCUT2D eigenvalue weighted by Gasteiger charge is 2.33. The van der Waals surface area contributed by atoms with Crippen molar-refractivity contribution in [3.63, 3.8) is 0 Å². The summed E-state index contributed by atoms with van der Waals surface area (Å²) in [5, 5.41) is 9.45. The fourth-order valence-corrected chi connectivity index (χ4v) is 5.94. The van der Waals surface area contributed by atoms with E-state index in [2.05, 4.69) is 28.8 Å². The summed E-state index contributed by atoms with van der Waals surface area (Å²) in [6.07, 6.45) is -0.224. The van der Waals surface area contributed by atoms with Gasteiger partial charge in [-0.1, -0.05) is 84.9 Å². The van der Waals surface area contributed by atoms with Gasteiger partial charge in [-0.05, 0) is 48.0 Å². The molecule has 1 aliphatic heterocycles. The number of hydrogen-bond acceptors (Lipinski definition) is 6. The molecular weight excluding hydrogens is 524 g/mol. The lowest BCUT2D eigenvalue weighted by Gasteiger charge is -2.38. The number of rotatable bonds is 10. The lowest BCUT2D eigenvalue weighted by Crippen LogP contribution is -2.37. The SMILES string of the molecule is CN(Cc1ccccc1)C[C@H]1C[C@@H](c2ccc(CO)cc2)O[C@@H](c2ccc(NS(=O)(=O)c3ccccc3)cc2)O1. The Morgan fingerprint density at radius 1 is 0.800 bits per heavy atom. The van der Waals surface area contributed by atoms with E-state index in [-0.39, 0.29) is 23.7 Å². The quantitative estimate of drug-likeness (QED) is 0.261. The average molecular weight is 559 g/mol. The molecule has 4 aromatic carbocycles. The first-order valence-corrected chi connectivity index (χ1v) is 14.8. The Hall–Kier alpha value is -3.53. The van der Waals surface area contributed by atoms with Crippen LogP contribution in [-0.4, -0.2) is 38.1 Å². The topological polar surface area (TPSA) is 88.1 Å². The molecule has 4 aromatic rings. The number of anilines is 1. The predicted octanol–water partition coefficient (Wildman–Crippen LogP) is 5.66. The predicted molar refractivity (Wildman–Crippen MR) is 155 cm³/mol. The first kappa shape index (κ1) is 28.0. The minimum atomic E-state index is -3.69. The fourth-order valence-electron chi connectivity index (χ4n) is 4.86. The van der Waals surface area contributed by atoms with Crippen LogP contribution in [0, 0.1) is 0 Å². The average Bonchev–Trinajstić information content (AvgIpc) is 2.98. The molecule has 0 amide bonds. The van der Waals surface area contributed by atoms with Crippen LogP contribution in [-0.2, 0) is 32.6 Å². The van der Waals surface area contributed by atoms with Gasteiger partial charge < -0.3 is 14.6 Å². The molecule has 8 heteroatoms. The first-order valence-electron chi connectivity index (χ1n) is 13.3. The van der Waals surface area contributed by atoms with E-state index in [1.54, 1.807) is 42.5 Å². The molecule has 2 N–H and O–H groups in total. The molecule has 40 heavy (non-hydrogen) atoms. The minimum Gasteiger partial charge on any atom is -0.392 e. The van der Waals surface area contributed by atoms with Gasteiger partial charge in [0.2, 0.25) is 0 Å². The lowest BCUT2D eigenvalue weighted by molar-refractivity contribution is -0.252. The van der Waals surface area contributed by atoms with Crippen molar-refractivity contribution in [1.82, 2.24) is 4.90 Å². The third-order valence-corrected chi connectivity index (χ3v) is 8.31. The van der Waals surface area contributed by atoms with Gasteiger partial charge in [0, 0.05) is 30.8 Å². The molecule has 0 spiro atoms. The van der Waals surface area contributed by atoms with Crippen molar-refractivity contribution in [3.05, 3.63) is 131 Å². The number of hydrogen-bond donors (Lipinski definition) is 2. The molecule has 0 aliphatic carbocycles. The number of nitrogens with zero attached hydrogens (tertiary/aromatic N) is 1. The van der Waals surface area contributed by atoms with Crippen LogP contribution in [0.15, 0.2) is 114 Å². The van der Waals surface area contributed by atoms with Crippen LogP contribution in [0.2, 0.25) is 0 Å². The zero-order valence-corrected chi connectivity index (χ0v) is 23.2. The van der Waals surface area contributed by atoms with E-state index in [1.807, 2.05) is 54.6 Å². The second-order valence-corrected chi connectivity index (χ2v) is 11.8. The summed E-state index contributed by atoms with van der Waals surface area (Å²) < 4.78 is 41.0. The number of nitrogens with one attached hydrogen (secondary N) is 1. The van der Waals surface area contributed by atoms with Gasteiger partial charge in [0.05, 0.1) is 23.7 Å². The molecule has 5 rings (SSSR count). The zero-order valence-electron chi connectivity index (χ0n) is 22.4. The van der Waals surface area contributed by atoms with E-state index in [1.165, 1.54) is 5.56 Å². The summed E-state index contributed by atoms with van der Waals surface area (Å²) in [6.45, 7) is 1.51. The smallest absolute Gasteiger partial charge is 0.261 e. The monoisotopic (exact) mass is 558 g/mol. The number of ether oxygens (including phenoxy) is 2. The van der Waals surface area contributed by atoms with Crippen LogP contribution in [0.5, 0.6) is 0 Å². The summed E-state index contributed by atoms with van der Waals surface area (Å²) in [6, 6.07) is 33.5. The van der Waals surface area contributed by atoms with Gasteiger partial charge in [-0.25, -0.2) is 8.42 Å². The van der Waals surface area contributed by atoms with Crippen molar-refractivity contribution >= 4 is 15.7 Å². The molecular formula is C32H34N2O5S. The summed E-state index contributed by atoms with van der Waals surface area (Å²) in [4.78, 5) is 2.45. The van der Waals surface area contributed by atoms with E-state index >= 15 is 0 Å². The number of benzene rings is 4. The Morgan fingerprint density at radius 3 is 2.08 bits per heavy atom. The number of sulfonamides is 1. The van der Waals surface area contributed by atoms with Gasteiger partial charge in [-0.2, -0.15) is 0 Å². The van der Waals surface area contributed by atoms with Crippen LogP contribution in [0.1, 0.15) is 41.1 Å². The molecule has 1 fully saturated rings. The van der Waals surface area contributed by atoms with Gasteiger partial charge in [-0.15, -0.1) is 0 Å². The van der Waals surface area contributed by atoms with Crippen LogP contribution < -0.4 is 4.72 Å². The van der Waals surface area contributed by atoms with Crippen molar-refractivity contribution in [2.24, 2.45) is 0 Å². The second-order valence-electron chi connectivity index (χ2n) is 10.1. The summed E-state index contributed by atoms with van der Waals surface area (Å²) in [5.74, 6) is 0. The third-order valence-electron chi connectivity index (χ3n) is 6.91. The van der Waals surface area contributed by atoms with E-state index in [4.69, 9.17) is 9.47 Å². The molecule has 1 heterocycles. The van der Waals surface area contributed by atoms with Crippen molar-refractivity contribution in [1.29, 1.82) is 0 Å². The molecule has 1 saturated heterocycles. The molecule has 0 bridgehead atoms. The Labute approximate surface area is 236 Å². The lowest BCUT2D eigenvalue weighted by atomic mass is 9.99. The van der Waals surface area contributed by atoms with Crippen molar-refractivity contribution in [2.45, 2.75) is 43.0 Å². The Balaban J connectivity index is 1.32. The highest BCUT2D eigenvalue weighted by molar-refractivity contribution is 7.92. The van der Waals surface area contributed by atoms with Gasteiger partial charge in [-0.3, -0.25) is 9.62 Å². The van der Waals surface area contributed by atoms with Crippen LogP contribution in [0.25, 0.3) is 0 Å². The number of aliphatic hydroxyl groups is 1. The third kappa shape index (κ3) is 7.15. The van der Waals surface area contributed by atoms with Crippen LogP contribution in [0.4, 0.5) is 5.69 Å². The second kappa shape index (κ2) is 12.8. The van der Waals surface area contributed by atoms with Gasteiger partial charge in [0.15, 0.2) is 6.29 Å². The maximum atomic E-state index is 12.7. The number of likely N-dealkylation sites (N-methyl/N-ethyl adjacent to an activating group) is 1. The van der Waals surface area contributed by atoms with E-state index in [0.717, 1.165) is 29.8 Å². The minimum absolute atomic E-state index is 0.00910. The van der Waals surface area contributed by atoms with Crippen LogP contribution >= 0.6 is 0 Å². The first-order chi connectivity index (χ1) is 19.4. The molecule has 1 aliphatic rings. The van der Waals surface area contributed by atoms with Gasteiger partial charge in [0.25, 0.3) is 10.0 Å². The molecule has 0 radical (unpaired) electrons.